The summed E-state index contributed by atoms with van der Waals surface area (Å²) in [6, 6.07) is 1.72. The zero-order valence-electron chi connectivity index (χ0n) is 14.0. The molecule has 132 valence electrons. The van der Waals surface area contributed by atoms with Crippen LogP contribution in [0, 0.1) is 11.8 Å². The molecule has 0 atom stereocenters. The lowest BCUT2D eigenvalue weighted by atomic mass is 9.99. The number of rotatable bonds is 4. The molecule has 1 aromatic heterocycles. The van der Waals surface area contributed by atoms with Gasteiger partial charge in [0.15, 0.2) is 0 Å². The first kappa shape index (κ1) is 15.9. The number of anilines is 2. The molecule has 2 amide bonds. The Bertz CT molecular complexity index is 740. The van der Waals surface area contributed by atoms with E-state index in [-0.39, 0.29) is 30.2 Å². The second-order valence-corrected chi connectivity index (χ2v) is 6.82. The van der Waals surface area contributed by atoms with Crippen LogP contribution in [0.3, 0.4) is 0 Å². The summed E-state index contributed by atoms with van der Waals surface area (Å²) in [5.41, 5.74) is 1.10. The van der Waals surface area contributed by atoms with Crippen LogP contribution in [0.25, 0.3) is 0 Å². The highest BCUT2D eigenvalue weighted by atomic mass is 16.5. The minimum atomic E-state index is -0.293. The Labute approximate surface area is 145 Å². The fourth-order valence-electron chi connectivity index (χ4n) is 3.20. The van der Waals surface area contributed by atoms with Gasteiger partial charge in [-0.3, -0.25) is 14.4 Å². The van der Waals surface area contributed by atoms with Gasteiger partial charge in [0.25, 0.3) is 5.91 Å². The third-order valence-corrected chi connectivity index (χ3v) is 4.95. The quantitative estimate of drug-likeness (QED) is 0.800. The maximum Gasteiger partial charge on any atom is 0.312 e. The Hall–Kier alpha value is -2.64. The lowest BCUT2D eigenvalue weighted by molar-refractivity contribution is -0.149. The summed E-state index contributed by atoms with van der Waals surface area (Å²) in [6.07, 6.45) is 3.80. The Balaban J connectivity index is 1.52. The van der Waals surface area contributed by atoms with Crippen molar-refractivity contribution in [2.24, 2.45) is 11.8 Å². The third-order valence-electron chi connectivity index (χ3n) is 4.95. The molecule has 25 heavy (non-hydrogen) atoms. The van der Waals surface area contributed by atoms with Gasteiger partial charge in [-0.25, -0.2) is 4.98 Å². The number of methoxy groups -OCH3 is 1. The summed E-state index contributed by atoms with van der Waals surface area (Å²) in [7, 11) is 1.35. The Morgan fingerprint density at radius 2 is 2.12 bits per heavy atom. The molecule has 1 aliphatic carbocycles. The van der Waals surface area contributed by atoms with Gasteiger partial charge in [-0.15, -0.1) is 0 Å². The molecule has 0 spiro atoms. The Morgan fingerprint density at radius 3 is 2.80 bits per heavy atom. The number of aromatic nitrogens is 1. The molecular formula is C17H20N4O4. The molecule has 1 saturated carbocycles. The van der Waals surface area contributed by atoms with Gasteiger partial charge in [0.2, 0.25) is 5.91 Å². The summed E-state index contributed by atoms with van der Waals surface area (Å²) in [4.78, 5) is 43.9. The van der Waals surface area contributed by atoms with Crippen LogP contribution in [0.5, 0.6) is 0 Å². The zero-order valence-corrected chi connectivity index (χ0v) is 14.0. The molecular weight excluding hydrogens is 324 g/mol. The van der Waals surface area contributed by atoms with E-state index in [0.717, 1.165) is 12.8 Å². The first-order valence-electron chi connectivity index (χ1n) is 8.48. The van der Waals surface area contributed by atoms with Gasteiger partial charge in [-0.05, 0) is 24.8 Å². The van der Waals surface area contributed by atoms with E-state index in [9.17, 15) is 14.4 Å². The topological polar surface area (TPSA) is 91.8 Å². The number of pyridine rings is 1. The smallest absolute Gasteiger partial charge is 0.312 e. The molecule has 0 unspecified atom stereocenters. The molecule has 1 N–H and O–H groups in total. The average molecular weight is 344 g/mol. The van der Waals surface area contributed by atoms with Gasteiger partial charge in [0.05, 0.1) is 30.8 Å². The van der Waals surface area contributed by atoms with Crippen molar-refractivity contribution in [3.8, 4) is 0 Å². The standard InChI is InChI=1S/C17H20N4O4/c1-25-17(24)12-8-20(9-12)16(23)11-4-13-15(18-5-11)19-6-14(22)21(13)7-10-2-3-10/h4-5,10,12H,2-3,6-9H2,1H3,(H,18,19). The average Bonchev–Trinajstić information content (AvgIpc) is 3.39. The molecule has 0 aromatic carbocycles. The van der Waals surface area contributed by atoms with Crippen LogP contribution in [-0.4, -0.2) is 61.0 Å². The van der Waals surface area contributed by atoms with Crippen molar-refractivity contribution in [2.75, 3.05) is 43.5 Å². The van der Waals surface area contributed by atoms with Gasteiger partial charge in [-0.1, -0.05) is 0 Å². The van der Waals surface area contributed by atoms with Crippen molar-refractivity contribution >= 4 is 29.3 Å². The summed E-state index contributed by atoms with van der Waals surface area (Å²) >= 11 is 0. The number of likely N-dealkylation sites (tertiary alicyclic amines) is 1. The van der Waals surface area contributed by atoms with Crippen LogP contribution in [0.15, 0.2) is 12.3 Å². The molecule has 1 aromatic rings. The monoisotopic (exact) mass is 344 g/mol. The van der Waals surface area contributed by atoms with Gasteiger partial charge < -0.3 is 19.9 Å². The van der Waals surface area contributed by atoms with E-state index in [0.29, 0.717) is 42.6 Å². The summed E-state index contributed by atoms with van der Waals surface area (Å²) in [5, 5.41) is 3.00. The lowest BCUT2D eigenvalue weighted by Crippen LogP contribution is -2.53. The van der Waals surface area contributed by atoms with Crippen LogP contribution in [0.2, 0.25) is 0 Å². The minimum absolute atomic E-state index is 0.000467. The second-order valence-electron chi connectivity index (χ2n) is 6.82. The molecule has 8 heteroatoms. The van der Waals surface area contributed by atoms with Crippen LogP contribution in [-0.2, 0) is 14.3 Å². The molecule has 3 aliphatic rings. The van der Waals surface area contributed by atoms with Gasteiger partial charge in [0, 0.05) is 25.8 Å². The normalized spacial score (nSPS) is 19.8. The molecule has 3 heterocycles. The molecule has 4 rings (SSSR count). The first-order valence-corrected chi connectivity index (χ1v) is 8.48. The van der Waals surface area contributed by atoms with Crippen LogP contribution in [0.4, 0.5) is 11.5 Å². The van der Waals surface area contributed by atoms with E-state index < -0.39 is 0 Å². The second kappa shape index (κ2) is 6.02. The number of carbonyl (C=O) groups excluding carboxylic acids is 3. The fraction of sp³-hybridized carbons (Fsp3) is 0.529. The predicted octanol–water partition coefficient (Wildman–Crippen LogP) is 0.495. The van der Waals surface area contributed by atoms with Crippen molar-refractivity contribution < 1.29 is 19.1 Å². The number of esters is 1. The maximum atomic E-state index is 12.6. The largest absolute Gasteiger partial charge is 0.469 e. The molecule has 1 saturated heterocycles. The third kappa shape index (κ3) is 2.92. The maximum absolute atomic E-state index is 12.6. The van der Waals surface area contributed by atoms with Crippen molar-refractivity contribution in [2.45, 2.75) is 12.8 Å². The number of hydrogen-bond acceptors (Lipinski definition) is 6. The van der Waals surface area contributed by atoms with E-state index in [1.165, 1.54) is 13.3 Å². The number of fused-ring (bicyclic) bond motifs is 1. The summed E-state index contributed by atoms with van der Waals surface area (Å²) in [5.74, 6) is 0.450. The first-order chi connectivity index (χ1) is 12.1. The van der Waals surface area contributed by atoms with Gasteiger partial charge in [-0.2, -0.15) is 0 Å². The minimum Gasteiger partial charge on any atom is -0.469 e. The van der Waals surface area contributed by atoms with Gasteiger partial charge >= 0.3 is 5.97 Å². The molecule has 2 fully saturated rings. The predicted molar refractivity (Wildman–Crippen MR) is 89.2 cm³/mol. The Morgan fingerprint density at radius 1 is 1.36 bits per heavy atom. The van der Waals surface area contributed by atoms with Crippen LogP contribution < -0.4 is 10.2 Å². The fourth-order valence-corrected chi connectivity index (χ4v) is 3.20. The summed E-state index contributed by atoms with van der Waals surface area (Å²) in [6.45, 7) is 1.62. The SMILES string of the molecule is COC(=O)C1CN(C(=O)c2cnc3c(c2)N(CC2CC2)C(=O)CN3)C1. The number of carbonyl (C=O) groups is 3. The van der Waals surface area contributed by atoms with Crippen LogP contribution >= 0.6 is 0 Å². The number of nitrogens with zero attached hydrogens (tertiary/aromatic N) is 3. The number of ether oxygens (including phenoxy) is 1. The molecule has 8 nitrogen and oxygen atoms in total. The lowest BCUT2D eigenvalue weighted by Gasteiger charge is -2.37. The molecule has 0 radical (unpaired) electrons. The van der Waals surface area contributed by atoms with Crippen molar-refractivity contribution in [1.82, 2.24) is 9.88 Å². The zero-order chi connectivity index (χ0) is 17.6. The number of nitrogens with one attached hydrogen (secondary N) is 1. The van der Waals surface area contributed by atoms with Crippen LogP contribution in [0.1, 0.15) is 23.2 Å². The Kier molecular flexibility index (Phi) is 3.82. The van der Waals surface area contributed by atoms with E-state index in [1.54, 1.807) is 15.9 Å². The van der Waals surface area contributed by atoms with Crippen molar-refractivity contribution in [3.05, 3.63) is 17.8 Å². The van der Waals surface area contributed by atoms with E-state index in [4.69, 9.17) is 0 Å². The summed E-state index contributed by atoms with van der Waals surface area (Å²) < 4.78 is 4.69. The number of amides is 2. The highest BCUT2D eigenvalue weighted by Gasteiger charge is 2.38. The molecule has 2 aliphatic heterocycles. The van der Waals surface area contributed by atoms with Crippen molar-refractivity contribution in [1.29, 1.82) is 0 Å². The highest BCUT2D eigenvalue weighted by Crippen LogP contribution is 2.35. The highest BCUT2D eigenvalue weighted by molar-refractivity contribution is 6.04. The van der Waals surface area contributed by atoms with E-state index in [1.807, 2.05) is 0 Å². The van der Waals surface area contributed by atoms with E-state index >= 15 is 0 Å². The number of hydrogen-bond donors (Lipinski definition) is 1. The van der Waals surface area contributed by atoms with Crippen molar-refractivity contribution in [3.63, 3.8) is 0 Å². The molecule has 0 bridgehead atoms. The van der Waals surface area contributed by atoms with Gasteiger partial charge in [0.1, 0.15) is 5.82 Å². The van der Waals surface area contributed by atoms with E-state index in [2.05, 4.69) is 15.0 Å².